The average Bonchev–Trinajstić information content (AvgIpc) is 3.23. The van der Waals surface area contributed by atoms with Crippen molar-refractivity contribution in [1.82, 2.24) is 10.6 Å². The van der Waals surface area contributed by atoms with E-state index < -0.39 is 24.5 Å². The van der Waals surface area contributed by atoms with Crippen LogP contribution in [0.25, 0.3) is 0 Å². The van der Waals surface area contributed by atoms with Gasteiger partial charge in [-0.05, 0) is 96.0 Å². The predicted molar refractivity (Wildman–Crippen MR) is 249 cm³/mol. The third kappa shape index (κ3) is 40.5. The van der Waals surface area contributed by atoms with Gasteiger partial charge in [0, 0.05) is 12.8 Å². The molecule has 4 N–H and O–H groups in total. The molecule has 2 amide bonds. The summed E-state index contributed by atoms with van der Waals surface area (Å²) in [7, 11) is 0. The van der Waals surface area contributed by atoms with Gasteiger partial charge in [0.25, 0.3) is 0 Å². The Kier molecular flexibility index (Phi) is 41.2. The molecule has 0 saturated heterocycles. The van der Waals surface area contributed by atoms with Gasteiger partial charge in [-0.1, -0.05) is 163 Å². The van der Waals surface area contributed by atoms with Crippen LogP contribution in [0.5, 0.6) is 0 Å². The lowest BCUT2D eigenvalue weighted by atomic mass is 10.0. The number of aliphatic hydroxyl groups excluding tert-OH is 1. The molecule has 60 heavy (non-hydrogen) atoms. The largest absolute Gasteiger partial charge is 0.480 e. The molecule has 0 aromatic heterocycles. The summed E-state index contributed by atoms with van der Waals surface area (Å²) in [6.45, 7) is 3.33. The van der Waals surface area contributed by atoms with E-state index in [-0.39, 0.29) is 30.9 Å². The molecule has 338 valence electrons. The molecule has 0 saturated carbocycles. The number of hydrogen-bond acceptors (Lipinski definition) is 6. The highest BCUT2D eigenvalue weighted by Crippen LogP contribution is 2.15. The van der Waals surface area contributed by atoms with Crippen molar-refractivity contribution in [2.75, 3.05) is 13.2 Å². The zero-order valence-electron chi connectivity index (χ0n) is 37.4. The molecule has 0 spiro atoms. The highest BCUT2D eigenvalue weighted by Gasteiger charge is 2.18. The summed E-state index contributed by atoms with van der Waals surface area (Å²) in [6, 6.07) is -1.39. The van der Waals surface area contributed by atoms with Crippen LogP contribution in [0.3, 0.4) is 0 Å². The van der Waals surface area contributed by atoms with Crippen molar-refractivity contribution in [2.45, 2.75) is 187 Å². The second-order valence-corrected chi connectivity index (χ2v) is 15.1. The molecule has 2 atom stereocenters. The molecule has 0 aliphatic carbocycles. The Morgan fingerprint density at radius 2 is 1.02 bits per heavy atom. The minimum Gasteiger partial charge on any atom is -0.480 e. The molecular formula is C51H82N2O7. The van der Waals surface area contributed by atoms with Gasteiger partial charge in [0.1, 0.15) is 12.1 Å². The molecule has 0 radical (unpaired) electrons. The predicted octanol–water partition coefficient (Wildman–Crippen LogP) is 11.8. The van der Waals surface area contributed by atoms with Gasteiger partial charge in [0.2, 0.25) is 11.8 Å². The zero-order valence-corrected chi connectivity index (χ0v) is 37.4. The number of rotatable bonds is 40. The maximum Gasteiger partial charge on any atom is 0.328 e. The third-order valence-electron chi connectivity index (χ3n) is 9.55. The molecule has 0 bridgehead atoms. The lowest BCUT2D eigenvalue weighted by molar-refractivity contribution is -0.147. The number of aliphatic carboxylic acids is 1. The Labute approximate surface area is 364 Å². The van der Waals surface area contributed by atoms with Crippen LogP contribution in [0, 0.1) is 0 Å². The Morgan fingerprint density at radius 1 is 0.533 bits per heavy atom. The van der Waals surface area contributed by atoms with E-state index in [4.69, 9.17) is 14.9 Å². The van der Waals surface area contributed by atoms with Crippen molar-refractivity contribution in [3.8, 4) is 0 Å². The van der Waals surface area contributed by atoms with E-state index in [1.165, 1.54) is 32.1 Å². The summed E-state index contributed by atoms with van der Waals surface area (Å²) >= 11 is 0. The monoisotopic (exact) mass is 835 g/mol. The van der Waals surface area contributed by atoms with E-state index >= 15 is 0 Å². The number of hydrogen-bond donors (Lipinski definition) is 4. The van der Waals surface area contributed by atoms with E-state index in [9.17, 15) is 19.2 Å². The van der Waals surface area contributed by atoms with Crippen molar-refractivity contribution in [3.63, 3.8) is 0 Å². The Hall–Kier alpha value is -4.24. The number of nitrogens with one attached hydrogen (secondary N) is 2. The third-order valence-corrected chi connectivity index (χ3v) is 9.55. The van der Waals surface area contributed by atoms with Crippen LogP contribution in [0.1, 0.15) is 174 Å². The van der Waals surface area contributed by atoms with Gasteiger partial charge in [-0.25, -0.2) is 4.79 Å². The normalized spacial score (nSPS) is 13.4. The molecular weight excluding hydrogens is 753 g/mol. The summed E-state index contributed by atoms with van der Waals surface area (Å²) in [6.07, 6.45) is 58.9. The van der Waals surface area contributed by atoms with Crippen molar-refractivity contribution in [1.29, 1.82) is 0 Å². The first kappa shape index (κ1) is 55.8. The number of amides is 2. The Balaban J connectivity index is 4.31. The number of esters is 1. The van der Waals surface area contributed by atoms with Crippen molar-refractivity contribution in [2.24, 2.45) is 0 Å². The van der Waals surface area contributed by atoms with Crippen LogP contribution in [-0.4, -0.2) is 59.3 Å². The first-order chi connectivity index (χ1) is 29.3. The van der Waals surface area contributed by atoms with Gasteiger partial charge in [-0.2, -0.15) is 0 Å². The van der Waals surface area contributed by atoms with E-state index in [1.54, 1.807) is 0 Å². The second kappa shape index (κ2) is 44.3. The lowest BCUT2D eigenvalue weighted by Gasteiger charge is -2.14. The summed E-state index contributed by atoms with van der Waals surface area (Å²) < 4.78 is 5.92. The van der Waals surface area contributed by atoms with E-state index in [2.05, 4.69) is 122 Å². The van der Waals surface area contributed by atoms with Crippen molar-refractivity contribution < 1.29 is 34.1 Å². The van der Waals surface area contributed by atoms with Gasteiger partial charge in [0.15, 0.2) is 0 Å². The number of carboxylic acids is 1. The van der Waals surface area contributed by atoms with Crippen LogP contribution in [0.15, 0.2) is 97.2 Å². The van der Waals surface area contributed by atoms with Crippen LogP contribution in [-0.2, 0) is 23.9 Å². The maximum absolute atomic E-state index is 12.7. The highest BCUT2D eigenvalue weighted by molar-refractivity contribution is 5.87. The molecule has 0 aromatic rings. The summed E-state index contributed by atoms with van der Waals surface area (Å²) in [5.41, 5.74) is 0. The first-order valence-electron chi connectivity index (χ1n) is 23.1. The van der Waals surface area contributed by atoms with Crippen molar-refractivity contribution in [3.05, 3.63) is 97.2 Å². The van der Waals surface area contributed by atoms with Crippen LogP contribution >= 0.6 is 0 Å². The van der Waals surface area contributed by atoms with Gasteiger partial charge >= 0.3 is 11.9 Å². The number of aliphatic hydroxyl groups is 1. The lowest BCUT2D eigenvalue weighted by Crippen LogP contribution is -2.47. The molecule has 0 aliphatic rings. The smallest absolute Gasteiger partial charge is 0.328 e. The van der Waals surface area contributed by atoms with Gasteiger partial charge in [0.05, 0.1) is 13.2 Å². The summed E-state index contributed by atoms with van der Waals surface area (Å²) in [5.74, 6) is -2.40. The van der Waals surface area contributed by atoms with Crippen LogP contribution in [0.4, 0.5) is 0 Å². The minimum atomic E-state index is -1.39. The number of carbonyl (C=O) groups excluding carboxylic acids is 3. The molecule has 0 aliphatic heterocycles. The van der Waals surface area contributed by atoms with Crippen molar-refractivity contribution >= 4 is 23.8 Å². The topological polar surface area (TPSA) is 142 Å². The summed E-state index contributed by atoms with van der Waals surface area (Å²) in [4.78, 5) is 47.5. The molecule has 0 fully saturated rings. The minimum absolute atomic E-state index is 0.138. The number of allylic oxidation sites excluding steroid dienone is 15. The van der Waals surface area contributed by atoms with Gasteiger partial charge < -0.3 is 25.6 Å². The number of ether oxygens (including phenoxy) is 1. The molecule has 9 nitrogen and oxygen atoms in total. The molecule has 0 rings (SSSR count). The SMILES string of the molecule is CC/C=C\C/C=C\C/C=C\C/C=C\C/C=C\C/C=C\C/C=C\CCCC(=O)OC(/C=C\CCCCCCCC)CCCCCCCCC(=O)NCC(=O)NC(CO)C(=O)O. The fraction of sp³-hybridized carbons (Fsp3) is 0.608. The average molecular weight is 835 g/mol. The first-order valence-corrected chi connectivity index (χ1v) is 23.1. The van der Waals surface area contributed by atoms with Crippen LogP contribution in [0.2, 0.25) is 0 Å². The number of carbonyl (C=O) groups is 4. The standard InChI is InChI=1S/C51H82N2O7/c1-3-5-7-9-11-13-14-15-16-17-18-19-20-21-22-23-24-25-26-27-29-35-39-43-50(57)60-46(40-36-32-28-12-10-8-6-4-2)41-37-33-30-31-34-38-42-48(55)52-44-49(56)53-47(45-54)51(58)59/h5,7,11,13,15-16,18-19,21-22,24-25,27,29,36,40,46-47,54H,3-4,6,8-10,12,14,17,20,23,26,28,30-35,37-39,41-45H2,1-2H3,(H,52,55)(H,53,56)(H,58,59)/b7-5-,13-11-,16-15-,19-18-,22-21-,25-24-,29-27-,40-36-. The molecule has 0 heterocycles. The summed E-state index contributed by atoms with van der Waals surface area (Å²) in [5, 5.41) is 22.5. The van der Waals surface area contributed by atoms with Gasteiger partial charge in [-0.15, -0.1) is 0 Å². The zero-order chi connectivity index (χ0) is 44.0. The molecule has 2 unspecified atom stereocenters. The van der Waals surface area contributed by atoms with E-state index in [1.807, 2.05) is 0 Å². The maximum atomic E-state index is 12.7. The number of carboxylic acid groups (broad SMARTS) is 1. The fourth-order valence-electron chi connectivity index (χ4n) is 6.02. The quantitative estimate of drug-likeness (QED) is 0.0273. The molecule has 9 heteroatoms. The molecule has 0 aromatic carbocycles. The highest BCUT2D eigenvalue weighted by atomic mass is 16.5. The Morgan fingerprint density at radius 3 is 1.55 bits per heavy atom. The fourth-order valence-corrected chi connectivity index (χ4v) is 6.02. The van der Waals surface area contributed by atoms with Gasteiger partial charge in [-0.3, -0.25) is 14.4 Å². The van der Waals surface area contributed by atoms with E-state index in [0.29, 0.717) is 12.8 Å². The Bertz CT molecular complexity index is 1320. The van der Waals surface area contributed by atoms with Crippen LogP contribution < -0.4 is 10.6 Å². The number of unbranched alkanes of at least 4 members (excludes halogenated alkanes) is 12. The second-order valence-electron chi connectivity index (χ2n) is 15.1. The van der Waals surface area contributed by atoms with E-state index in [0.717, 1.165) is 109 Å².